The largest absolute Gasteiger partial charge is 0.494 e. The first-order valence-corrected chi connectivity index (χ1v) is 10.1. The van der Waals surface area contributed by atoms with Crippen LogP contribution in [-0.4, -0.2) is 17.5 Å². The molecule has 0 saturated carbocycles. The minimum absolute atomic E-state index is 0.199. The van der Waals surface area contributed by atoms with Crippen molar-refractivity contribution in [3.05, 3.63) is 87.7 Å². The monoisotopic (exact) mass is 440 g/mol. The molecule has 0 bridgehead atoms. The summed E-state index contributed by atoms with van der Waals surface area (Å²) in [5.41, 5.74) is 3.36. The first-order chi connectivity index (χ1) is 14.5. The number of hydrogen-bond acceptors (Lipinski definition) is 4. The van der Waals surface area contributed by atoms with Crippen LogP contribution in [-0.2, 0) is 6.42 Å². The Hall–Kier alpha value is -3.02. The summed E-state index contributed by atoms with van der Waals surface area (Å²) < 4.78 is 11.2. The number of amides is 1. The number of carbonyl (C=O) groups is 1. The molecule has 1 heterocycles. The molecular weight excluding hydrogens is 423 g/mol. The van der Waals surface area contributed by atoms with Crippen LogP contribution in [0.1, 0.15) is 28.7 Å². The van der Waals surface area contributed by atoms with E-state index < -0.39 is 0 Å². The van der Waals surface area contributed by atoms with Crippen LogP contribution < -0.4 is 10.1 Å². The summed E-state index contributed by atoms with van der Waals surface area (Å²) in [6, 6.07) is 17.9. The van der Waals surface area contributed by atoms with Gasteiger partial charge < -0.3 is 14.5 Å². The third-order valence-electron chi connectivity index (χ3n) is 4.43. The molecule has 0 atom stereocenters. The van der Waals surface area contributed by atoms with E-state index in [2.05, 4.69) is 10.3 Å². The van der Waals surface area contributed by atoms with Crippen LogP contribution >= 0.6 is 23.2 Å². The van der Waals surface area contributed by atoms with Gasteiger partial charge >= 0.3 is 0 Å². The summed E-state index contributed by atoms with van der Waals surface area (Å²) in [6.07, 6.45) is 0.493. The summed E-state index contributed by atoms with van der Waals surface area (Å²) >= 11 is 12.2. The van der Waals surface area contributed by atoms with Gasteiger partial charge in [-0.05, 0) is 55.0 Å². The second-order valence-corrected chi connectivity index (χ2v) is 7.48. The van der Waals surface area contributed by atoms with Crippen LogP contribution in [0.2, 0.25) is 10.0 Å². The molecule has 1 N–H and O–H groups in total. The summed E-state index contributed by atoms with van der Waals surface area (Å²) in [5, 5.41) is 3.83. The number of nitrogens with zero attached hydrogens (tertiary/aromatic N) is 1. The number of fused-ring (bicyclic) bond motifs is 1. The average molecular weight is 441 g/mol. The third kappa shape index (κ3) is 4.58. The Bertz CT molecular complexity index is 1200. The zero-order valence-corrected chi connectivity index (χ0v) is 17.6. The molecule has 5 nitrogen and oxygen atoms in total. The van der Waals surface area contributed by atoms with Crippen molar-refractivity contribution in [2.45, 2.75) is 13.3 Å². The average Bonchev–Trinajstić information content (AvgIpc) is 3.12. The van der Waals surface area contributed by atoms with E-state index in [1.807, 2.05) is 37.3 Å². The molecule has 0 spiro atoms. The second-order valence-electron chi connectivity index (χ2n) is 6.63. The smallest absolute Gasteiger partial charge is 0.255 e. The third-order valence-corrected chi connectivity index (χ3v) is 4.93. The Kier molecular flexibility index (Phi) is 5.93. The van der Waals surface area contributed by atoms with Crippen molar-refractivity contribution in [1.29, 1.82) is 0 Å². The van der Waals surface area contributed by atoms with Crippen LogP contribution in [0.4, 0.5) is 5.69 Å². The maximum Gasteiger partial charge on any atom is 0.255 e. The Balaban J connectivity index is 1.45. The van der Waals surface area contributed by atoms with Crippen LogP contribution in [0.15, 0.2) is 65.1 Å². The first kappa shape index (κ1) is 20.3. The molecule has 0 radical (unpaired) electrons. The van der Waals surface area contributed by atoms with E-state index in [0.717, 1.165) is 5.56 Å². The molecule has 4 rings (SSSR count). The number of carbonyl (C=O) groups excluding carboxylic acids is 1. The zero-order valence-electron chi connectivity index (χ0n) is 16.1. The summed E-state index contributed by atoms with van der Waals surface area (Å²) in [7, 11) is 0. The second kappa shape index (κ2) is 8.78. The SMILES string of the molecule is CCOc1cccc(C(=O)Nc2ccc(Cc3nc4cc(Cl)cc(Cl)c4o3)cc2)c1. The molecule has 0 unspecified atom stereocenters. The summed E-state index contributed by atoms with van der Waals surface area (Å²) in [5.74, 6) is 1.01. The van der Waals surface area contributed by atoms with Gasteiger partial charge in [-0.15, -0.1) is 0 Å². The van der Waals surface area contributed by atoms with E-state index in [1.165, 1.54) is 0 Å². The number of halogens is 2. The lowest BCUT2D eigenvalue weighted by Crippen LogP contribution is -2.12. The highest BCUT2D eigenvalue weighted by Gasteiger charge is 2.12. The Morgan fingerprint density at radius 1 is 1.10 bits per heavy atom. The van der Waals surface area contributed by atoms with E-state index in [4.69, 9.17) is 32.4 Å². The van der Waals surface area contributed by atoms with Crippen molar-refractivity contribution in [3.8, 4) is 5.75 Å². The highest BCUT2D eigenvalue weighted by molar-refractivity contribution is 6.37. The minimum Gasteiger partial charge on any atom is -0.494 e. The number of rotatable bonds is 6. The summed E-state index contributed by atoms with van der Waals surface area (Å²) in [4.78, 5) is 16.9. The molecule has 0 aliphatic carbocycles. The highest BCUT2D eigenvalue weighted by atomic mass is 35.5. The van der Waals surface area contributed by atoms with Gasteiger partial charge in [0.05, 0.1) is 11.6 Å². The minimum atomic E-state index is -0.199. The normalized spacial score (nSPS) is 10.9. The van der Waals surface area contributed by atoms with Crippen molar-refractivity contribution in [2.24, 2.45) is 0 Å². The number of ether oxygens (including phenoxy) is 1. The molecule has 0 fully saturated rings. The molecule has 0 aliphatic heterocycles. The molecular formula is C23H18Cl2N2O3. The molecule has 0 saturated heterocycles. The fraction of sp³-hybridized carbons (Fsp3) is 0.130. The van der Waals surface area contributed by atoms with Gasteiger partial charge in [-0.25, -0.2) is 4.98 Å². The van der Waals surface area contributed by atoms with Gasteiger partial charge in [0.25, 0.3) is 5.91 Å². The predicted octanol–water partition coefficient (Wildman–Crippen LogP) is 6.38. The van der Waals surface area contributed by atoms with Gasteiger partial charge in [0, 0.05) is 22.7 Å². The highest BCUT2D eigenvalue weighted by Crippen LogP contribution is 2.29. The molecule has 30 heavy (non-hydrogen) atoms. The number of nitrogens with one attached hydrogen (secondary N) is 1. The number of anilines is 1. The van der Waals surface area contributed by atoms with E-state index in [9.17, 15) is 4.79 Å². The lowest BCUT2D eigenvalue weighted by atomic mass is 10.1. The Morgan fingerprint density at radius 3 is 2.67 bits per heavy atom. The molecule has 7 heteroatoms. The van der Waals surface area contributed by atoms with Gasteiger partial charge in [0.1, 0.15) is 11.3 Å². The van der Waals surface area contributed by atoms with Crippen LogP contribution in [0, 0.1) is 0 Å². The quantitative estimate of drug-likeness (QED) is 0.377. The Morgan fingerprint density at radius 2 is 1.90 bits per heavy atom. The number of aromatic nitrogens is 1. The molecule has 0 aliphatic rings. The van der Waals surface area contributed by atoms with Crippen LogP contribution in [0.25, 0.3) is 11.1 Å². The van der Waals surface area contributed by atoms with E-state index >= 15 is 0 Å². The van der Waals surface area contributed by atoms with Crippen molar-refractivity contribution in [2.75, 3.05) is 11.9 Å². The van der Waals surface area contributed by atoms with Crippen molar-refractivity contribution in [1.82, 2.24) is 4.98 Å². The fourth-order valence-electron chi connectivity index (χ4n) is 3.06. The molecule has 3 aromatic carbocycles. The Labute approximate surface area is 183 Å². The van der Waals surface area contributed by atoms with Crippen molar-refractivity contribution in [3.63, 3.8) is 0 Å². The van der Waals surface area contributed by atoms with Crippen LogP contribution in [0.5, 0.6) is 5.75 Å². The topological polar surface area (TPSA) is 64.4 Å². The predicted molar refractivity (Wildman–Crippen MR) is 119 cm³/mol. The van der Waals surface area contributed by atoms with Crippen LogP contribution in [0.3, 0.4) is 0 Å². The number of hydrogen-bond donors (Lipinski definition) is 1. The zero-order chi connectivity index (χ0) is 21.1. The molecule has 4 aromatic rings. The maximum atomic E-state index is 12.5. The van der Waals surface area contributed by atoms with Crippen molar-refractivity contribution < 1.29 is 13.9 Å². The fourth-order valence-corrected chi connectivity index (χ4v) is 3.58. The standard InChI is InChI=1S/C23H18Cl2N2O3/c1-2-29-18-5-3-4-15(11-18)23(28)26-17-8-6-14(7-9-17)10-21-27-20-13-16(24)12-19(25)22(20)30-21/h3-9,11-13H,2,10H2,1H3,(H,26,28). The van der Waals surface area contributed by atoms with E-state index in [0.29, 0.717) is 57.1 Å². The summed E-state index contributed by atoms with van der Waals surface area (Å²) in [6.45, 7) is 2.45. The van der Waals surface area contributed by atoms with E-state index in [-0.39, 0.29) is 5.91 Å². The lowest BCUT2D eigenvalue weighted by Gasteiger charge is -2.08. The first-order valence-electron chi connectivity index (χ1n) is 9.39. The lowest BCUT2D eigenvalue weighted by molar-refractivity contribution is 0.102. The maximum absolute atomic E-state index is 12.5. The number of oxazole rings is 1. The molecule has 1 amide bonds. The van der Waals surface area contributed by atoms with E-state index in [1.54, 1.807) is 30.3 Å². The van der Waals surface area contributed by atoms with Gasteiger partial charge in [-0.2, -0.15) is 0 Å². The van der Waals surface area contributed by atoms with Crippen molar-refractivity contribution >= 4 is 45.9 Å². The van der Waals surface area contributed by atoms with Gasteiger partial charge in [0.2, 0.25) is 0 Å². The van der Waals surface area contributed by atoms with Gasteiger partial charge in [0.15, 0.2) is 11.5 Å². The molecule has 152 valence electrons. The number of benzene rings is 3. The molecule has 1 aromatic heterocycles. The van der Waals surface area contributed by atoms with Gasteiger partial charge in [-0.3, -0.25) is 4.79 Å². The van der Waals surface area contributed by atoms with Gasteiger partial charge in [-0.1, -0.05) is 41.4 Å².